The van der Waals surface area contributed by atoms with E-state index in [1.807, 2.05) is 13.8 Å². The second-order valence-corrected chi connectivity index (χ2v) is 10.3. The third kappa shape index (κ3) is 5.61. The molecule has 190 valence electrons. The van der Waals surface area contributed by atoms with Crippen molar-refractivity contribution in [3.05, 3.63) is 41.7 Å². The Morgan fingerprint density at radius 1 is 1.17 bits per heavy atom. The molecule has 0 spiro atoms. The number of ether oxygens (including phenoxy) is 1. The van der Waals surface area contributed by atoms with Gasteiger partial charge in [0.15, 0.2) is 5.65 Å². The largest absolute Gasteiger partial charge is 0.444 e. The number of nitrogens with one attached hydrogen (secondary N) is 4. The van der Waals surface area contributed by atoms with Crippen LogP contribution in [0.1, 0.15) is 57.0 Å². The highest BCUT2D eigenvalue weighted by Gasteiger charge is 2.25. The van der Waals surface area contributed by atoms with Gasteiger partial charge in [0.2, 0.25) is 0 Å². The van der Waals surface area contributed by atoms with Gasteiger partial charge in [-0.2, -0.15) is 5.10 Å². The van der Waals surface area contributed by atoms with Crippen molar-refractivity contribution < 1.29 is 18.7 Å². The highest BCUT2D eigenvalue weighted by atomic mass is 19.1. The van der Waals surface area contributed by atoms with Crippen molar-refractivity contribution >= 4 is 34.1 Å². The summed E-state index contributed by atoms with van der Waals surface area (Å²) < 4.78 is 18.2. The van der Waals surface area contributed by atoms with Gasteiger partial charge in [0.05, 0.1) is 17.3 Å². The molecule has 10 nitrogen and oxygen atoms in total. The van der Waals surface area contributed by atoms with E-state index in [4.69, 9.17) is 4.74 Å². The number of nitrogens with zero attached hydrogens (tertiary/aromatic N) is 3. The van der Waals surface area contributed by atoms with Crippen LogP contribution in [0.4, 0.5) is 9.18 Å². The number of aromatic amines is 2. The van der Waals surface area contributed by atoms with Crippen molar-refractivity contribution in [3.8, 4) is 11.4 Å². The molecule has 0 fully saturated rings. The van der Waals surface area contributed by atoms with Crippen LogP contribution in [0, 0.1) is 0 Å². The lowest BCUT2D eigenvalue weighted by molar-refractivity contribution is 0.0524. The maximum absolute atomic E-state index is 13.1. The highest BCUT2D eigenvalue weighted by Crippen LogP contribution is 2.27. The molecule has 0 bridgehead atoms. The fourth-order valence-electron chi connectivity index (χ4n) is 3.75. The number of amides is 2. The normalized spacial score (nSPS) is 12.2. The number of rotatable bonds is 7. The molecule has 0 saturated carbocycles. The number of alkyl carbamates (subject to hydrolysis) is 1. The fraction of sp³-hybridized carbons (Fsp3) is 0.400. The fourth-order valence-corrected chi connectivity index (χ4v) is 3.75. The monoisotopic (exact) mass is 495 g/mol. The highest BCUT2D eigenvalue weighted by molar-refractivity contribution is 6.05. The first-order valence-corrected chi connectivity index (χ1v) is 11.6. The topological polar surface area (TPSA) is 138 Å². The molecule has 4 N–H and O–H groups in total. The number of halogens is 1. The van der Waals surface area contributed by atoms with Crippen molar-refractivity contribution in [3.63, 3.8) is 0 Å². The molecule has 2 amide bonds. The third-order valence-electron chi connectivity index (χ3n) is 5.52. The van der Waals surface area contributed by atoms with Gasteiger partial charge < -0.3 is 20.4 Å². The average Bonchev–Trinajstić information content (AvgIpc) is 3.40. The number of H-pyrrole nitrogens is 2. The van der Waals surface area contributed by atoms with E-state index < -0.39 is 23.9 Å². The minimum absolute atomic E-state index is 0.325. The maximum atomic E-state index is 13.1. The zero-order valence-corrected chi connectivity index (χ0v) is 21.0. The second-order valence-electron chi connectivity index (χ2n) is 10.3. The van der Waals surface area contributed by atoms with Crippen molar-refractivity contribution in [1.29, 1.82) is 0 Å². The zero-order valence-electron chi connectivity index (χ0n) is 21.0. The Morgan fingerprint density at radius 2 is 1.94 bits per heavy atom. The average molecular weight is 496 g/mol. The van der Waals surface area contributed by atoms with E-state index in [9.17, 15) is 14.0 Å². The Balaban J connectivity index is 1.50. The van der Waals surface area contributed by atoms with Gasteiger partial charge in [0, 0.05) is 23.7 Å². The Kier molecular flexibility index (Phi) is 6.66. The molecule has 3 aromatic heterocycles. The lowest BCUT2D eigenvalue weighted by atomic mass is 10.00. The predicted molar refractivity (Wildman–Crippen MR) is 134 cm³/mol. The summed E-state index contributed by atoms with van der Waals surface area (Å²) in [5.74, 6) is -0.325. The maximum Gasteiger partial charge on any atom is 0.407 e. The standard InChI is InChI=1S/C25H30FN7O3/c1-24(2,3)36-23(35)27-9-8-25(4,5)31-22(34)16-12-28-21-20(16)30-18(13-29-21)19-15-7-6-14(11-26)10-17(15)32-33-19/h6-7,10,12-13H,8-9,11H2,1-5H3,(H,27,35)(H,28,29)(H,31,34)(H,32,33). The minimum Gasteiger partial charge on any atom is -0.444 e. The summed E-state index contributed by atoms with van der Waals surface area (Å²) in [6.45, 7) is 8.89. The number of hydrogen-bond donors (Lipinski definition) is 4. The van der Waals surface area contributed by atoms with Gasteiger partial charge in [-0.1, -0.05) is 12.1 Å². The van der Waals surface area contributed by atoms with Crippen LogP contribution in [0.25, 0.3) is 33.5 Å². The van der Waals surface area contributed by atoms with E-state index in [-0.39, 0.29) is 5.91 Å². The predicted octanol–water partition coefficient (Wildman–Crippen LogP) is 4.39. The molecular weight excluding hydrogens is 465 g/mol. The van der Waals surface area contributed by atoms with Crippen LogP contribution in [0.5, 0.6) is 0 Å². The summed E-state index contributed by atoms with van der Waals surface area (Å²) >= 11 is 0. The van der Waals surface area contributed by atoms with Gasteiger partial charge in [-0.15, -0.1) is 0 Å². The second kappa shape index (κ2) is 9.56. The van der Waals surface area contributed by atoms with E-state index >= 15 is 0 Å². The number of alkyl halides is 1. The van der Waals surface area contributed by atoms with Crippen LogP contribution < -0.4 is 10.6 Å². The molecule has 0 unspecified atom stereocenters. The summed E-state index contributed by atoms with van der Waals surface area (Å²) in [6.07, 6.45) is 3.12. The van der Waals surface area contributed by atoms with E-state index in [0.29, 0.717) is 52.2 Å². The molecule has 0 atom stereocenters. The Bertz CT molecular complexity index is 1420. The molecule has 3 heterocycles. The van der Waals surface area contributed by atoms with Crippen molar-refractivity contribution in [1.82, 2.24) is 35.8 Å². The Morgan fingerprint density at radius 3 is 2.67 bits per heavy atom. The number of hydrogen-bond acceptors (Lipinski definition) is 6. The number of benzene rings is 1. The van der Waals surface area contributed by atoms with Gasteiger partial charge in [0.1, 0.15) is 29.2 Å². The van der Waals surface area contributed by atoms with Crippen molar-refractivity contribution in [2.24, 2.45) is 0 Å². The summed E-state index contributed by atoms with van der Waals surface area (Å²) in [4.78, 5) is 37.1. The van der Waals surface area contributed by atoms with Crippen LogP contribution in [0.3, 0.4) is 0 Å². The molecule has 0 aliphatic rings. The number of aromatic nitrogens is 5. The first-order valence-electron chi connectivity index (χ1n) is 11.6. The summed E-state index contributed by atoms with van der Waals surface area (Å²) in [6, 6.07) is 5.18. The lowest BCUT2D eigenvalue weighted by Crippen LogP contribution is -2.46. The summed E-state index contributed by atoms with van der Waals surface area (Å²) in [5, 5.41) is 13.7. The first-order chi connectivity index (χ1) is 17.0. The molecule has 0 saturated heterocycles. The smallest absolute Gasteiger partial charge is 0.407 e. The Hall–Kier alpha value is -4.02. The number of carbonyl (C=O) groups is 2. The van der Waals surface area contributed by atoms with E-state index in [0.717, 1.165) is 5.39 Å². The molecule has 1 aromatic carbocycles. The van der Waals surface area contributed by atoms with E-state index in [1.54, 1.807) is 51.4 Å². The molecule has 11 heteroatoms. The van der Waals surface area contributed by atoms with Crippen molar-refractivity contribution in [2.45, 2.75) is 58.9 Å². The zero-order chi connectivity index (χ0) is 26.1. The molecule has 0 aliphatic carbocycles. The molecule has 0 aliphatic heterocycles. The first kappa shape index (κ1) is 25.1. The molecule has 0 radical (unpaired) electrons. The third-order valence-corrected chi connectivity index (χ3v) is 5.52. The van der Waals surface area contributed by atoms with Crippen LogP contribution in [0.2, 0.25) is 0 Å². The Labute approximate surface area is 207 Å². The van der Waals surface area contributed by atoms with Crippen LogP contribution in [0.15, 0.2) is 30.6 Å². The van der Waals surface area contributed by atoms with E-state index in [1.165, 1.54) is 0 Å². The van der Waals surface area contributed by atoms with Gasteiger partial charge in [-0.3, -0.25) is 9.89 Å². The lowest BCUT2D eigenvalue weighted by Gasteiger charge is -2.27. The summed E-state index contributed by atoms with van der Waals surface area (Å²) in [5.41, 5.74) is 2.30. The van der Waals surface area contributed by atoms with Gasteiger partial charge in [-0.05, 0) is 52.7 Å². The van der Waals surface area contributed by atoms with Gasteiger partial charge in [0.25, 0.3) is 5.91 Å². The van der Waals surface area contributed by atoms with E-state index in [2.05, 4.69) is 35.8 Å². The summed E-state index contributed by atoms with van der Waals surface area (Å²) in [7, 11) is 0. The quantitative estimate of drug-likeness (QED) is 0.300. The number of carbonyl (C=O) groups excluding carboxylic acids is 2. The van der Waals surface area contributed by atoms with Gasteiger partial charge >= 0.3 is 6.09 Å². The molecule has 36 heavy (non-hydrogen) atoms. The molecule has 4 rings (SSSR count). The molecule has 4 aromatic rings. The van der Waals surface area contributed by atoms with Crippen LogP contribution in [-0.2, 0) is 11.4 Å². The van der Waals surface area contributed by atoms with Gasteiger partial charge in [-0.25, -0.2) is 19.2 Å². The SMILES string of the molecule is CC(C)(CCNC(=O)OC(C)(C)C)NC(=O)c1c[nH]c2ncc(-c3n[nH]c4cc(CF)ccc34)nc12. The van der Waals surface area contributed by atoms with Crippen LogP contribution in [-0.4, -0.2) is 54.8 Å². The van der Waals surface area contributed by atoms with Crippen molar-refractivity contribution in [2.75, 3.05) is 6.54 Å². The molecular formula is C25H30FN7O3. The van der Waals surface area contributed by atoms with Crippen LogP contribution >= 0.6 is 0 Å². The minimum atomic E-state index is -0.618. The number of fused-ring (bicyclic) bond motifs is 2.